The zero-order valence-corrected chi connectivity index (χ0v) is 9.40. The molecule has 76 valence electrons. The lowest BCUT2D eigenvalue weighted by molar-refractivity contribution is -0.123. The third-order valence-corrected chi connectivity index (χ3v) is 3.67. The lowest BCUT2D eigenvalue weighted by atomic mass is 10.1. The Hall–Kier alpha value is -0.0200. The number of thioether (sulfide) groups is 1. The number of hydrogen-bond acceptors (Lipinski definition) is 3. The van der Waals surface area contributed by atoms with E-state index < -0.39 is 0 Å². The second-order valence-corrected chi connectivity index (χ2v) is 4.72. The molecule has 0 aromatic rings. The fourth-order valence-corrected chi connectivity index (χ4v) is 2.55. The molecule has 1 atom stereocenters. The van der Waals surface area contributed by atoms with E-state index in [4.69, 9.17) is 0 Å². The molecule has 0 amide bonds. The lowest BCUT2D eigenvalue weighted by Gasteiger charge is -2.25. The van der Waals surface area contributed by atoms with Gasteiger partial charge in [0.05, 0.1) is 6.04 Å². The van der Waals surface area contributed by atoms with Gasteiger partial charge in [0.15, 0.2) is 0 Å². The molecule has 0 aromatic heterocycles. The van der Waals surface area contributed by atoms with Crippen LogP contribution in [0, 0.1) is 0 Å². The average Bonchev–Trinajstić information content (AvgIpc) is 2.43. The predicted molar refractivity (Wildman–Crippen MR) is 58.3 cm³/mol. The molecule has 1 aliphatic rings. The van der Waals surface area contributed by atoms with Crippen LogP contribution in [0.5, 0.6) is 0 Å². The summed E-state index contributed by atoms with van der Waals surface area (Å²) < 4.78 is 0. The summed E-state index contributed by atoms with van der Waals surface area (Å²) in [5, 5.41) is 0. The molecule has 0 radical (unpaired) electrons. The van der Waals surface area contributed by atoms with E-state index >= 15 is 0 Å². The Morgan fingerprint density at radius 1 is 1.46 bits per heavy atom. The Balaban J connectivity index is 2.43. The minimum absolute atomic E-state index is 0.142. The van der Waals surface area contributed by atoms with Crippen molar-refractivity contribution in [2.45, 2.75) is 32.7 Å². The van der Waals surface area contributed by atoms with Crippen molar-refractivity contribution in [3.63, 3.8) is 0 Å². The SMILES string of the molecule is CCC(=O)C(C)N1CCCSCC1. The number of carbonyl (C=O) groups excluding carboxylic acids is 1. The van der Waals surface area contributed by atoms with Crippen molar-refractivity contribution >= 4 is 17.5 Å². The van der Waals surface area contributed by atoms with Crippen LogP contribution >= 0.6 is 11.8 Å². The molecule has 1 rings (SSSR count). The van der Waals surface area contributed by atoms with Gasteiger partial charge >= 0.3 is 0 Å². The van der Waals surface area contributed by atoms with Crippen LogP contribution < -0.4 is 0 Å². The molecule has 0 saturated carbocycles. The van der Waals surface area contributed by atoms with Gasteiger partial charge in [-0.15, -0.1) is 0 Å². The molecule has 0 spiro atoms. The highest BCUT2D eigenvalue weighted by molar-refractivity contribution is 7.99. The predicted octanol–water partition coefficient (Wildman–Crippen LogP) is 1.79. The van der Waals surface area contributed by atoms with Crippen molar-refractivity contribution in [3.8, 4) is 0 Å². The van der Waals surface area contributed by atoms with Crippen molar-refractivity contribution in [2.75, 3.05) is 24.6 Å². The van der Waals surface area contributed by atoms with Crippen molar-refractivity contribution in [1.82, 2.24) is 4.90 Å². The molecule has 3 heteroatoms. The van der Waals surface area contributed by atoms with Crippen molar-refractivity contribution in [3.05, 3.63) is 0 Å². The Labute approximate surface area is 85.1 Å². The zero-order chi connectivity index (χ0) is 9.68. The highest BCUT2D eigenvalue weighted by Gasteiger charge is 2.20. The summed E-state index contributed by atoms with van der Waals surface area (Å²) in [6, 6.07) is 0.142. The molecule has 2 nitrogen and oxygen atoms in total. The van der Waals surface area contributed by atoms with Gasteiger partial charge in [-0.05, 0) is 25.6 Å². The maximum atomic E-state index is 11.5. The molecule has 1 aliphatic heterocycles. The van der Waals surface area contributed by atoms with Crippen LogP contribution in [0.4, 0.5) is 0 Å². The van der Waals surface area contributed by atoms with Crippen molar-refractivity contribution in [1.29, 1.82) is 0 Å². The van der Waals surface area contributed by atoms with Crippen LogP contribution in [0.2, 0.25) is 0 Å². The second kappa shape index (κ2) is 5.66. The van der Waals surface area contributed by atoms with E-state index in [0.717, 1.165) is 13.1 Å². The van der Waals surface area contributed by atoms with Gasteiger partial charge in [-0.25, -0.2) is 0 Å². The topological polar surface area (TPSA) is 20.3 Å². The van der Waals surface area contributed by atoms with E-state index in [2.05, 4.69) is 4.90 Å². The van der Waals surface area contributed by atoms with E-state index in [0.29, 0.717) is 12.2 Å². The monoisotopic (exact) mass is 201 g/mol. The maximum absolute atomic E-state index is 11.5. The van der Waals surface area contributed by atoms with Crippen LogP contribution in [-0.2, 0) is 4.79 Å². The Kier molecular flexibility index (Phi) is 4.81. The molecular formula is C10H19NOS. The van der Waals surface area contributed by atoms with E-state index in [-0.39, 0.29) is 6.04 Å². The quantitative estimate of drug-likeness (QED) is 0.694. The number of rotatable bonds is 3. The third kappa shape index (κ3) is 3.31. The first-order valence-electron chi connectivity index (χ1n) is 5.10. The summed E-state index contributed by atoms with van der Waals surface area (Å²) in [6.07, 6.45) is 1.90. The number of Topliss-reactive ketones (excluding diaryl/α,β-unsaturated/α-hetero) is 1. The highest BCUT2D eigenvalue weighted by Crippen LogP contribution is 2.13. The normalized spacial score (nSPS) is 22.3. The smallest absolute Gasteiger partial charge is 0.149 e. The van der Waals surface area contributed by atoms with Crippen molar-refractivity contribution < 1.29 is 4.79 Å². The Morgan fingerprint density at radius 3 is 2.92 bits per heavy atom. The van der Waals surface area contributed by atoms with E-state index in [1.807, 2.05) is 25.6 Å². The van der Waals surface area contributed by atoms with Gasteiger partial charge in [-0.3, -0.25) is 9.69 Å². The van der Waals surface area contributed by atoms with Gasteiger partial charge in [-0.1, -0.05) is 6.92 Å². The first-order chi connectivity index (χ1) is 6.25. The van der Waals surface area contributed by atoms with Gasteiger partial charge in [0.25, 0.3) is 0 Å². The third-order valence-electron chi connectivity index (χ3n) is 2.62. The number of ketones is 1. The number of nitrogens with zero attached hydrogens (tertiary/aromatic N) is 1. The average molecular weight is 201 g/mol. The summed E-state index contributed by atoms with van der Waals surface area (Å²) in [5.41, 5.74) is 0. The maximum Gasteiger partial charge on any atom is 0.149 e. The second-order valence-electron chi connectivity index (χ2n) is 3.50. The number of carbonyl (C=O) groups is 1. The van der Waals surface area contributed by atoms with Gasteiger partial charge in [0.1, 0.15) is 5.78 Å². The first kappa shape index (κ1) is 11.1. The summed E-state index contributed by atoms with van der Waals surface area (Å²) in [7, 11) is 0. The molecular weight excluding hydrogens is 182 g/mol. The molecule has 1 heterocycles. The van der Waals surface area contributed by atoms with E-state index in [1.54, 1.807) is 0 Å². The summed E-state index contributed by atoms with van der Waals surface area (Å²) in [4.78, 5) is 13.8. The standard InChI is InChI=1S/C10H19NOS/c1-3-10(12)9(2)11-5-4-7-13-8-6-11/h9H,3-8H2,1-2H3. The fourth-order valence-electron chi connectivity index (χ4n) is 1.65. The lowest BCUT2D eigenvalue weighted by Crippen LogP contribution is -2.40. The van der Waals surface area contributed by atoms with E-state index in [9.17, 15) is 4.79 Å². The van der Waals surface area contributed by atoms with Gasteiger partial charge in [-0.2, -0.15) is 11.8 Å². The first-order valence-corrected chi connectivity index (χ1v) is 6.25. The highest BCUT2D eigenvalue weighted by atomic mass is 32.2. The molecule has 13 heavy (non-hydrogen) atoms. The van der Waals surface area contributed by atoms with Crippen LogP contribution in [0.25, 0.3) is 0 Å². The summed E-state index contributed by atoms with van der Waals surface area (Å²) in [6.45, 7) is 6.17. The Bertz CT molecular complexity index is 164. The zero-order valence-electron chi connectivity index (χ0n) is 8.58. The van der Waals surface area contributed by atoms with Crippen LogP contribution in [0.3, 0.4) is 0 Å². The molecule has 1 unspecified atom stereocenters. The minimum atomic E-state index is 0.142. The van der Waals surface area contributed by atoms with Gasteiger partial charge in [0.2, 0.25) is 0 Å². The number of hydrogen-bond donors (Lipinski definition) is 0. The van der Waals surface area contributed by atoms with Crippen molar-refractivity contribution in [2.24, 2.45) is 0 Å². The van der Waals surface area contributed by atoms with Gasteiger partial charge < -0.3 is 0 Å². The fraction of sp³-hybridized carbons (Fsp3) is 0.900. The van der Waals surface area contributed by atoms with E-state index in [1.165, 1.54) is 17.9 Å². The van der Waals surface area contributed by atoms with Gasteiger partial charge in [0, 0.05) is 18.7 Å². The van der Waals surface area contributed by atoms with Crippen LogP contribution in [-0.4, -0.2) is 41.3 Å². The van der Waals surface area contributed by atoms with Crippen LogP contribution in [0.1, 0.15) is 26.7 Å². The minimum Gasteiger partial charge on any atom is -0.298 e. The molecule has 0 N–H and O–H groups in total. The molecule has 1 fully saturated rings. The molecule has 0 aliphatic carbocycles. The summed E-state index contributed by atoms with van der Waals surface area (Å²) in [5.74, 6) is 2.82. The van der Waals surface area contributed by atoms with Crippen LogP contribution in [0.15, 0.2) is 0 Å². The summed E-state index contributed by atoms with van der Waals surface area (Å²) >= 11 is 2.00. The largest absolute Gasteiger partial charge is 0.298 e. The molecule has 0 aromatic carbocycles. The molecule has 1 saturated heterocycles. The Morgan fingerprint density at radius 2 is 2.23 bits per heavy atom. The molecule has 0 bridgehead atoms.